The molecule has 20 heavy (non-hydrogen) atoms. The summed E-state index contributed by atoms with van der Waals surface area (Å²) in [6, 6.07) is 7.69. The van der Waals surface area contributed by atoms with Crippen molar-refractivity contribution in [3.8, 4) is 6.07 Å². The number of carbonyl (C=O) groups excluding carboxylic acids is 1. The summed E-state index contributed by atoms with van der Waals surface area (Å²) in [5.41, 5.74) is 0.749. The topological polar surface area (TPSA) is 53.3 Å². The molecule has 5 heteroatoms. The van der Waals surface area contributed by atoms with E-state index in [0.29, 0.717) is 26.1 Å². The summed E-state index contributed by atoms with van der Waals surface area (Å²) in [5, 5.41) is 9.34. The molecule has 0 spiro atoms. The predicted octanol–water partition coefficient (Wildman–Crippen LogP) is 2.28. The molecule has 0 amide bonds. The number of carbonyl (C=O) groups is 1. The summed E-state index contributed by atoms with van der Waals surface area (Å²) < 4.78 is 17.9. The van der Waals surface area contributed by atoms with Gasteiger partial charge in [0.05, 0.1) is 18.6 Å². The van der Waals surface area contributed by atoms with E-state index in [1.165, 1.54) is 12.1 Å². The first-order valence-electron chi connectivity index (χ1n) is 6.71. The maximum absolute atomic E-state index is 12.9. The van der Waals surface area contributed by atoms with Crippen molar-refractivity contribution in [1.82, 2.24) is 4.90 Å². The number of ether oxygens (including phenoxy) is 1. The number of esters is 1. The number of hydrogen-bond donors (Lipinski definition) is 0. The first-order valence-corrected chi connectivity index (χ1v) is 6.71. The third-order valence-electron chi connectivity index (χ3n) is 3.51. The third-order valence-corrected chi connectivity index (χ3v) is 3.51. The van der Waals surface area contributed by atoms with Gasteiger partial charge >= 0.3 is 5.97 Å². The molecule has 0 aliphatic carbocycles. The van der Waals surface area contributed by atoms with E-state index >= 15 is 0 Å². The van der Waals surface area contributed by atoms with Crippen LogP contribution in [0, 0.1) is 23.1 Å². The van der Waals surface area contributed by atoms with Gasteiger partial charge in [-0.2, -0.15) is 5.26 Å². The van der Waals surface area contributed by atoms with Crippen LogP contribution >= 0.6 is 0 Å². The molecular formula is C15H17FN2O2. The Labute approximate surface area is 117 Å². The molecule has 0 aromatic heterocycles. The normalized spacial score (nSPS) is 20.4. The summed E-state index contributed by atoms with van der Waals surface area (Å²) in [7, 11) is 0. The van der Waals surface area contributed by atoms with Crippen LogP contribution < -0.4 is 0 Å². The summed E-state index contributed by atoms with van der Waals surface area (Å²) in [6.45, 7) is 3.32. The molecule has 1 aromatic carbocycles. The Morgan fingerprint density at radius 2 is 2.25 bits per heavy atom. The third kappa shape index (κ3) is 3.14. The molecule has 0 radical (unpaired) electrons. The fraction of sp³-hybridized carbons (Fsp3) is 0.467. The summed E-state index contributed by atoms with van der Waals surface area (Å²) in [5.74, 6) is -0.701. The molecule has 2 unspecified atom stereocenters. The van der Waals surface area contributed by atoms with Gasteiger partial charge in [0.25, 0.3) is 0 Å². The minimum absolute atomic E-state index is 0.175. The van der Waals surface area contributed by atoms with E-state index < -0.39 is 6.04 Å². The Balaban J connectivity index is 2.05. The van der Waals surface area contributed by atoms with E-state index in [-0.39, 0.29) is 17.7 Å². The van der Waals surface area contributed by atoms with Gasteiger partial charge in [0.1, 0.15) is 11.9 Å². The highest BCUT2D eigenvalue weighted by Crippen LogP contribution is 2.28. The molecule has 2 rings (SSSR count). The number of hydrogen-bond acceptors (Lipinski definition) is 4. The van der Waals surface area contributed by atoms with Crippen molar-refractivity contribution in [2.45, 2.75) is 19.4 Å². The van der Waals surface area contributed by atoms with E-state index in [2.05, 4.69) is 6.07 Å². The van der Waals surface area contributed by atoms with Crippen LogP contribution in [0.1, 0.15) is 24.9 Å². The van der Waals surface area contributed by atoms with E-state index in [1.807, 2.05) is 4.90 Å². The first kappa shape index (κ1) is 14.5. The zero-order valence-corrected chi connectivity index (χ0v) is 11.4. The Hall–Kier alpha value is -1.93. The highest BCUT2D eigenvalue weighted by atomic mass is 19.1. The van der Waals surface area contributed by atoms with Crippen molar-refractivity contribution in [3.05, 3.63) is 35.6 Å². The highest BCUT2D eigenvalue weighted by molar-refractivity contribution is 5.73. The molecule has 1 aromatic rings. The van der Waals surface area contributed by atoms with Gasteiger partial charge in [0.15, 0.2) is 0 Å². The van der Waals surface area contributed by atoms with Crippen molar-refractivity contribution in [3.63, 3.8) is 0 Å². The van der Waals surface area contributed by atoms with Gasteiger partial charge in [-0.05, 0) is 31.0 Å². The zero-order chi connectivity index (χ0) is 14.5. The Morgan fingerprint density at radius 1 is 1.55 bits per heavy atom. The van der Waals surface area contributed by atoms with Crippen molar-refractivity contribution in [2.75, 3.05) is 19.7 Å². The van der Waals surface area contributed by atoms with Crippen molar-refractivity contribution in [2.24, 2.45) is 5.92 Å². The zero-order valence-electron chi connectivity index (χ0n) is 11.4. The highest BCUT2D eigenvalue weighted by Gasteiger charge is 2.33. The van der Waals surface area contributed by atoms with Crippen molar-refractivity contribution in [1.29, 1.82) is 5.26 Å². The quantitative estimate of drug-likeness (QED) is 0.792. The van der Waals surface area contributed by atoms with Gasteiger partial charge in [0.2, 0.25) is 0 Å². The summed E-state index contributed by atoms with van der Waals surface area (Å²) in [4.78, 5) is 13.6. The number of likely N-dealkylation sites (tertiary alicyclic amines) is 1. The van der Waals surface area contributed by atoms with Gasteiger partial charge in [0, 0.05) is 13.1 Å². The molecule has 106 valence electrons. The molecular weight excluding hydrogens is 259 g/mol. The Kier molecular flexibility index (Phi) is 4.70. The van der Waals surface area contributed by atoms with Crippen LogP contribution in [0.4, 0.5) is 4.39 Å². The van der Waals surface area contributed by atoms with E-state index in [4.69, 9.17) is 4.74 Å². The minimum Gasteiger partial charge on any atom is -0.466 e. The number of benzene rings is 1. The first-order chi connectivity index (χ1) is 9.65. The largest absolute Gasteiger partial charge is 0.466 e. The van der Waals surface area contributed by atoms with Gasteiger partial charge in [-0.1, -0.05) is 12.1 Å². The molecule has 1 fully saturated rings. The molecule has 2 atom stereocenters. The Bertz CT molecular complexity index is 510. The molecule has 1 heterocycles. The SMILES string of the molecule is CCOC(=O)C1CCN(C(C#N)c2ccc(F)cc2)C1. The predicted molar refractivity (Wildman–Crippen MR) is 71.1 cm³/mol. The van der Waals surface area contributed by atoms with Crippen molar-refractivity contribution < 1.29 is 13.9 Å². The molecule has 0 N–H and O–H groups in total. The lowest BCUT2D eigenvalue weighted by Gasteiger charge is -2.22. The maximum Gasteiger partial charge on any atom is 0.310 e. The number of nitriles is 1. The van der Waals surface area contributed by atoms with Crippen LogP contribution in [0.2, 0.25) is 0 Å². The second-order valence-electron chi connectivity index (χ2n) is 4.82. The molecule has 1 saturated heterocycles. The molecule has 1 aliphatic rings. The smallest absolute Gasteiger partial charge is 0.310 e. The molecule has 0 saturated carbocycles. The van der Waals surface area contributed by atoms with Crippen molar-refractivity contribution >= 4 is 5.97 Å². The lowest BCUT2D eigenvalue weighted by atomic mass is 10.1. The van der Waals surface area contributed by atoms with Gasteiger partial charge in [-0.25, -0.2) is 4.39 Å². The van der Waals surface area contributed by atoms with Crippen LogP contribution in [0.25, 0.3) is 0 Å². The fourth-order valence-electron chi connectivity index (χ4n) is 2.49. The lowest BCUT2D eigenvalue weighted by Crippen LogP contribution is -2.27. The van der Waals surface area contributed by atoms with Gasteiger partial charge in [-0.15, -0.1) is 0 Å². The lowest BCUT2D eigenvalue weighted by molar-refractivity contribution is -0.147. The molecule has 4 nitrogen and oxygen atoms in total. The maximum atomic E-state index is 12.9. The van der Waals surface area contributed by atoms with Gasteiger partial charge < -0.3 is 4.74 Å². The molecule has 1 aliphatic heterocycles. The average Bonchev–Trinajstić information content (AvgIpc) is 2.92. The second-order valence-corrected chi connectivity index (χ2v) is 4.82. The van der Waals surface area contributed by atoms with Crippen LogP contribution in [0.3, 0.4) is 0 Å². The summed E-state index contributed by atoms with van der Waals surface area (Å²) in [6.07, 6.45) is 0.693. The summed E-state index contributed by atoms with van der Waals surface area (Å²) >= 11 is 0. The van der Waals surface area contributed by atoms with E-state index in [9.17, 15) is 14.4 Å². The number of nitrogens with zero attached hydrogens (tertiary/aromatic N) is 2. The Morgan fingerprint density at radius 3 is 2.85 bits per heavy atom. The van der Waals surface area contributed by atoms with Crippen LogP contribution in [-0.4, -0.2) is 30.6 Å². The van der Waals surface area contributed by atoms with E-state index in [0.717, 1.165) is 5.56 Å². The van der Waals surface area contributed by atoms with Crippen LogP contribution in [0.5, 0.6) is 0 Å². The van der Waals surface area contributed by atoms with E-state index in [1.54, 1.807) is 19.1 Å². The standard InChI is InChI=1S/C15H17FN2O2/c1-2-20-15(19)12-7-8-18(10-12)14(9-17)11-3-5-13(16)6-4-11/h3-6,12,14H,2,7-8,10H2,1H3. The number of halogens is 1. The van der Waals surface area contributed by atoms with Gasteiger partial charge in [-0.3, -0.25) is 9.69 Å². The molecule has 0 bridgehead atoms. The second kappa shape index (κ2) is 6.49. The average molecular weight is 276 g/mol. The monoisotopic (exact) mass is 276 g/mol. The van der Waals surface area contributed by atoms with Crippen LogP contribution in [0.15, 0.2) is 24.3 Å². The fourth-order valence-corrected chi connectivity index (χ4v) is 2.49. The number of rotatable bonds is 4. The minimum atomic E-state index is -0.449. The van der Waals surface area contributed by atoms with Crippen LogP contribution in [-0.2, 0) is 9.53 Å².